The highest BCUT2D eigenvalue weighted by Gasteiger charge is 2.23. The number of nitrogens with zero attached hydrogens (tertiary/aromatic N) is 1. The second-order valence-electron chi connectivity index (χ2n) is 5.18. The summed E-state index contributed by atoms with van der Waals surface area (Å²) < 4.78 is 0. The van der Waals surface area contributed by atoms with E-state index in [0.717, 1.165) is 25.7 Å². The molecule has 1 fully saturated rings. The molecular weight excluding hydrogens is 278 g/mol. The van der Waals surface area contributed by atoms with Crippen molar-refractivity contribution >= 4 is 24.0 Å². The molecule has 0 spiro atoms. The molecule has 0 radical (unpaired) electrons. The largest absolute Gasteiger partial charge is 0.397 e. The minimum absolute atomic E-state index is 0. The molecule has 0 aliphatic heterocycles. The second kappa shape index (κ2) is 8.07. The fourth-order valence-corrected chi connectivity index (χ4v) is 2.44. The molecule has 1 aromatic rings. The van der Waals surface area contributed by atoms with Gasteiger partial charge in [0.2, 0.25) is 5.91 Å². The zero-order valence-corrected chi connectivity index (χ0v) is 12.2. The van der Waals surface area contributed by atoms with Crippen LogP contribution in [0.2, 0.25) is 0 Å². The summed E-state index contributed by atoms with van der Waals surface area (Å²) in [5.41, 5.74) is 6.83. The lowest BCUT2D eigenvalue weighted by Gasteiger charge is -2.27. The molecule has 112 valence electrons. The third-order valence-electron chi connectivity index (χ3n) is 3.62. The van der Waals surface area contributed by atoms with Crippen LogP contribution in [0.4, 0.5) is 5.69 Å². The molecule has 1 aliphatic carbocycles. The molecule has 2 unspecified atom stereocenters. The molecule has 6 heteroatoms. The minimum atomic E-state index is -0.274. The molecule has 1 saturated carbocycles. The number of hydrogen-bond acceptors (Lipinski definition) is 4. The van der Waals surface area contributed by atoms with Crippen molar-refractivity contribution in [1.82, 2.24) is 10.3 Å². The number of anilines is 1. The van der Waals surface area contributed by atoms with E-state index in [1.165, 1.54) is 0 Å². The lowest BCUT2D eigenvalue weighted by atomic mass is 9.86. The molecule has 0 aromatic carbocycles. The number of rotatable bonds is 4. The van der Waals surface area contributed by atoms with Crippen LogP contribution in [0.5, 0.6) is 0 Å². The number of aliphatic hydroxyl groups is 1. The van der Waals surface area contributed by atoms with Gasteiger partial charge in [0, 0.05) is 18.2 Å². The van der Waals surface area contributed by atoms with E-state index in [1.807, 2.05) is 0 Å². The van der Waals surface area contributed by atoms with Crippen LogP contribution in [0, 0.1) is 5.92 Å². The van der Waals surface area contributed by atoms with Crippen molar-refractivity contribution in [1.29, 1.82) is 0 Å². The van der Waals surface area contributed by atoms with Crippen molar-refractivity contribution in [2.75, 3.05) is 12.3 Å². The quantitative estimate of drug-likeness (QED) is 0.782. The number of carbonyl (C=O) groups excluding carboxylic acids is 1. The zero-order valence-electron chi connectivity index (χ0n) is 11.4. The maximum atomic E-state index is 11.8. The number of hydrogen-bond donors (Lipinski definition) is 3. The van der Waals surface area contributed by atoms with Crippen molar-refractivity contribution in [2.24, 2.45) is 5.92 Å². The van der Waals surface area contributed by atoms with Crippen LogP contribution in [-0.4, -0.2) is 28.6 Å². The summed E-state index contributed by atoms with van der Waals surface area (Å²) in [6, 6.07) is 3.49. The van der Waals surface area contributed by atoms with Crippen LogP contribution in [0.25, 0.3) is 0 Å². The van der Waals surface area contributed by atoms with Gasteiger partial charge in [-0.1, -0.05) is 12.8 Å². The second-order valence-corrected chi connectivity index (χ2v) is 5.18. The third kappa shape index (κ3) is 4.98. The van der Waals surface area contributed by atoms with E-state index in [4.69, 9.17) is 5.73 Å². The van der Waals surface area contributed by atoms with E-state index in [1.54, 1.807) is 18.3 Å². The number of halogens is 1. The highest BCUT2D eigenvalue weighted by atomic mass is 35.5. The number of amides is 1. The monoisotopic (exact) mass is 299 g/mol. The van der Waals surface area contributed by atoms with Gasteiger partial charge in [-0.3, -0.25) is 9.78 Å². The average molecular weight is 300 g/mol. The maximum absolute atomic E-state index is 11.8. The maximum Gasteiger partial charge on any atom is 0.226 e. The van der Waals surface area contributed by atoms with Gasteiger partial charge in [-0.2, -0.15) is 0 Å². The van der Waals surface area contributed by atoms with Crippen molar-refractivity contribution in [3.63, 3.8) is 0 Å². The van der Waals surface area contributed by atoms with E-state index in [2.05, 4.69) is 10.3 Å². The normalized spacial score (nSPS) is 21.9. The number of nitrogens with two attached hydrogens (primary N) is 1. The summed E-state index contributed by atoms with van der Waals surface area (Å²) in [5, 5.41) is 12.7. The molecule has 1 aliphatic rings. The number of aliphatic hydroxyl groups excluding tert-OH is 1. The highest BCUT2D eigenvalue weighted by Crippen LogP contribution is 2.23. The summed E-state index contributed by atoms with van der Waals surface area (Å²) in [6.45, 7) is 0.551. The van der Waals surface area contributed by atoms with Crippen molar-refractivity contribution < 1.29 is 9.90 Å². The number of pyridine rings is 1. The average Bonchev–Trinajstić information content (AvgIpc) is 2.40. The van der Waals surface area contributed by atoms with Crippen LogP contribution >= 0.6 is 12.4 Å². The SMILES string of the molecule is Cl.Nc1ccc(CC(=O)NCC2CCCCC2O)nc1. The number of aromatic nitrogens is 1. The predicted octanol–water partition coefficient (Wildman–Crippen LogP) is 1.30. The van der Waals surface area contributed by atoms with Crippen LogP contribution in [0.1, 0.15) is 31.4 Å². The Morgan fingerprint density at radius 1 is 1.40 bits per heavy atom. The summed E-state index contributed by atoms with van der Waals surface area (Å²) >= 11 is 0. The molecule has 1 amide bonds. The van der Waals surface area contributed by atoms with Crippen LogP contribution in [0.15, 0.2) is 18.3 Å². The molecular formula is C14H22ClN3O2. The Hall–Kier alpha value is -1.33. The topological polar surface area (TPSA) is 88.2 Å². The third-order valence-corrected chi connectivity index (χ3v) is 3.62. The van der Waals surface area contributed by atoms with E-state index in [0.29, 0.717) is 17.9 Å². The first kappa shape index (κ1) is 16.7. The smallest absolute Gasteiger partial charge is 0.226 e. The highest BCUT2D eigenvalue weighted by molar-refractivity contribution is 5.85. The van der Waals surface area contributed by atoms with Crippen LogP contribution in [0.3, 0.4) is 0 Å². The summed E-state index contributed by atoms with van der Waals surface area (Å²) in [7, 11) is 0. The first-order valence-corrected chi connectivity index (χ1v) is 6.80. The van der Waals surface area contributed by atoms with Gasteiger partial charge in [0.1, 0.15) is 0 Å². The van der Waals surface area contributed by atoms with Gasteiger partial charge in [-0.15, -0.1) is 12.4 Å². The van der Waals surface area contributed by atoms with Crippen molar-refractivity contribution in [3.8, 4) is 0 Å². The Bertz CT molecular complexity index is 425. The fourth-order valence-electron chi connectivity index (χ4n) is 2.44. The standard InChI is InChI=1S/C14H21N3O2.ClH/c15-11-5-6-12(16-9-11)7-14(19)17-8-10-3-1-2-4-13(10)18;/h5-6,9-10,13,18H,1-4,7-8,15H2,(H,17,19);1H. The van der Waals surface area contributed by atoms with Crippen LogP contribution < -0.4 is 11.1 Å². The molecule has 1 aromatic heterocycles. The Morgan fingerprint density at radius 3 is 2.80 bits per heavy atom. The summed E-state index contributed by atoms with van der Waals surface area (Å²) in [5.74, 6) is 0.132. The van der Waals surface area contributed by atoms with Gasteiger partial charge >= 0.3 is 0 Å². The van der Waals surface area contributed by atoms with Gasteiger partial charge in [0.15, 0.2) is 0 Å². The molecule has 2 atom stereocenters. The van der Waals surface area contributed by atoms with Gasteiger partial charge < -0.3 is 16.2 Å². The fraction of sp³-hybridized carbons (Fsp3) is 0.571. The molecule has 5 nitrogen and oxygen atoms in total. The van der Waals surface area contributed by atoms with Gasteiger partial charge in [-0.05, 0) is 25.0 Å². The zero-order chi connectivity index (χ0) is 13.7. The van der Waals surface area contributed by atoms with E-state index < -0.39 is 0 Å². The van der Waals surface area contributed by atoms with E-state index in [-0.39, 0.29) is 36.8 Å². The number of nitrogens with one attached hydrogen (secondary N) is 1. The van der Waals surface area contributed by atoms with Crippen molar-refractivity contribution in [2.45, 2.75) is 38.2 Å². The minimum Gasteiger partial charge on any atom is -0.397 e. The van der Waals surface area contributed by atoms with Gasteiger partial charge in [0.05, 0.1) is 24.4 Å². The van der Waals surface area contributed by atoms with E-state index >= 15 is 0 Å². The predicted molar refractivity (Wildman–Crippen MR) is 80.6 cm³/mol. The van der Waals surface area contributed by atoms with Crippen molar-refractivity contribution in [3.05, 3.63) is 24.0 Å². The van der Waals surface area contributed by atoms with Gasteiger partial charge in [0.25, 0.3) is 0 Å². The Labute approximate surface area is 125 Å². The lowest BCUT2D eigenvalue weighted by Crippen LogP contribution is -2.37. The molecule has 4 N–H and O–H groups in total. The Balaban J connectivity index is 0.00000200. The number of carbonyl (C=O) groups is 1. The Morgan fingerprint density at radius 2 is 2.15 bits per heavy atom. The first-order valence-electron chi connectivity index (χ1n) is 6.80. The molecule has 0 saturated heterocycles. The molecule has 1 heterocycles. The molecule has 0 bridgehead atoms. The first-order chi connectivity index (χ1) is 9.15. The van der Waals surface area contributed by atoms with E-state index in [9.17, 15) is 9.90 Å². The number of nitrogen functional groups attached to an aromatic ring is 1. The summed E-state index contributed by atoms with van der Waals surface area (Å²) in [4.78, 5) is 15.9. The summed E-state index contributed by atoms with van der Waals surface area (Å²) in [6.07, 6.45) is 5.58. The van der Waals surface area contributed by atoms with Crippen LogP contribution in [-0.2, 0) is 11.2 Å². The molecule has 20 heavy (non-hydrogen) atoms. The lowest BCUT2D eigenvalue weighted by molar-refractivity contribution is -0.120. The molecule has 2 rings (SSSR count). The Kier molecular flexibility index (Phi) is 6.75. The van der Waals surface area contributed by atoms with Gasteiger partial charge in [-0.25, -0.2) is 0 Å².